The molecule has 214 valence electrons. The first-order chi connectivity index (χ1) is 20.0. The molecule has 5 rings (SSSR count). The Labute approximate surface area is 245 Å². The zero-order chi connectivity index (χ0) is 28.6. The minimum absolute atomic E-state index is 0.113. The van der Waals surface area contributed by atoms with E-state index in [1.165, 1.54) is 6.42 Å². The van der Waals surface area contributed by atoms with Crippen LogP contribution in [-0.4, -0.2) is 58.8 Å². The molecule has 2 aliphatic rings. The Balaban J connectivity index is 1.09. The van der Waals surface area contributed by atoms with Gasteiger partial charge in [-0.25, -0.2) is 0 Å². The molecule has 0 unspecified atom stereocenters. The molecule has 3 amide bonds. The maximum absolute atomic E-state index is 13.1. The fourth-order valence-electron chi connectivity index (χ4n) is 5.68. The van der Waals surface area contributed by atoms with Gasteiger partial charge in [-0.15, -0.1) is 0 Å². The Morgan fingerprint density at radius 2 is 1.76 bits per heavy atom. The number of aromatic nitrogens is 1. The first kappa shape index (κ1) is 28.6. The SMILES string of the molecule is O=C(NCCCCNc1ccnc2cc(Cl)ccc12)C(=O)N[C@@H]1C(=O)N(C2CCCCC2)[C@@H]1/C=C/c1ccccc1. The van der Waals surface area contributed by atoms with E-state index >= 15 is 0 Å². The van der Waals surface area contributed by atoms with Crippen LogP contribution >= 0.6 is 11.6 Å². The van der Waals surface area contributed by atoms with Crippen LogP contribution in [0, 0.1) is 0 Å². The lowest BCUT2D eigenvalue weighted by Gasteiger charge is -2.51. The summed E-state index contributed by atoms with van der Waals surface area (Å²) in [5.41, 5.74) is 2.82. The molecular weight excluding hydrogens is 538 g/mol. The molecule has 0 spiro atoms. The summed E-state index contributed by atoms with van der Waals surface area (Å²) in [5, 5.41) is 10.4. The van der Waals surface area contributed by atoms with Crippen LogP contribution in [0.15, 0.2) is 66.9 Å². The van der Waals surface area contributed by atoms with E-state index in [2.05, 4.69) is 20.9 Å². The Hall–Kier alpha value is -3.91. The van der Waals surface area contributed by atoms with Gasteiger partial charge in [0.2, 0.25) is 5.91 Å². The van der Waals surface area contributed by atoms with Crippen LogP contribution in [0.1, 0.15) is 50.5 Å². The molecule has 2 fully saturated rings. The number of nitrogens with one attached hydrogen (secondary N) is 3. The standard InChI is InChI=1S/C32H36ClN5O3/c33-23-14-15-25-26(17-20-35-27(25)21-23)34-18-7-8-19-36-30(39)31(40)37-29-28(16-13-22-9-3-1-4-10-22)38(32(29)41)24-11-5-2-6-12-24/h1,3-4,9-10,13-17,20-21,24,28-29H,2,5-8,11-12,18-19H2,(H,34,35)(H,36,39)(H,37,40)/b16-13+/t28-,29+/m1/s1. The summed E-state index contributed by atoms with van der Waals surface area (Å²) in [5.74, 6) is -1.60. The van der Waals surface area contributed by atoms with Gasteiger partial charge in [0.15, 0.2) is 0 Å². The smallest absolute Gasteiger partial charge is 0.310 e. The van der Waals surface area contributed by atoms with Crippen molar-refractivity contribution in [1.82, 2.24) is 20.5 Å². The second-order valence-electron chi connectivity index (χ2n) is 10.7. The molecular formula is C32H36ClN5O3. The van der Waals surface area contributed by atoms with Crippen LogP contribution in [0.2, 0.25) is 5.02 Å². The molecule has 0 radical (unpaired) electrons. The van der Waals surface area contributed by atoms with Gasteiger partial charge in [0.1, 0.15) is 6.04 Å². The highest BCUT2D eigenvalue weighted by Crippen LogP contribution is 2.32. The third kappa shape index (κ3) is 7.06. The number of fused-ring (bicyclic) bond motifs is 1. The quantitative estimate of drug-likeness (QED) is 0.181. The molecule has 1 aliphatic heterocycles. The molecule has 1 aliphatic carbocycles. The van der Waals surface area contributed by atoms with Gasteiger partial charge >= 0.3 is 11.8 Å². The minimum Gasteiger partial charge on any atom is -0.384 e. The van der Waals surface area contributed by atoms with E-state index in [9.17, 15) is 14.4 Å². The Kier molecular flexibility index (Phi) is 9.51. The third-order valence-corrected chi connectivity index (χ3v) is 8.07. The second kappa shape index (κ2) is 13.6. The van der Waals surface area contributed by atoms with Gasteiger partial charge in [-0.05, 0) is 55.5 Å². The lowest BCUT2D eigenvalue weighted by Crippen LogP contribution is -2.73. The average Bonchev–Trinajstić information content (AvgIpc) is 3.00. The summed E-state index contributed by atoms with van der Waals surface area (Å²) in [6.07, 6.45) is 12.5. The molecule has 1 aromatic heterocycles. The molecule has 1 saturated heterocycles. The van der Waals surface area contributed by atoms with Crippen molar-refractivity contribution < 1.29 is 14.4 Å². The average molecular weight is 574 g/mol. The number of carbonyl (C=O) groups excluding carboxylic acids is 3. The largest absolute Gasteiger partial charge is 0.384 e. The maximum Gasteiger partial charge on any atom is 0.310 e. The zero-order valence-corrected chi connectivity index (χ0v) is 23.8. The molecule has 1 saturated carbocycles. The van der Waals surface area contributed by atoms with Crippen LogP contribution in [0.5, 0.6) is 0 Å². The van der Waals surface area contributed by atoms with Crippen LogP contribution in [0.3, 0.4) is 0 Å². The molecule has 9 heteroatoms. The predicted molar refractivity (Wildman–Crippen MR) is 162 cm³/mol. The van der Waals surface area contributed by atoms with E-state index in [1.807, 2.05) is 71.6 Å². The van der Waals surface area contributed by atoms with Crippen molar-refractivity contribution in [2.24, 2.45) is 0 Å². The van der Waals surface area contributed by atoms with Gasteiger partial charge in [0, 0.05) is 41.4 Å². The summed E-state index contributed by atoms with van der Waals surface area (Å²) < 4.78 is 0. The van der Waals surface area contributed by atoms with Gasteiger partial charge in [0.25, 0.3) is 0 Å². The van der Waals surface area contributed by atoms with Crippen molar-refractivity contribution in [1.29, 1.82) is 0 Å². The van der Waals surface area contributed by atoms with E-state index in [0.717, 1.165) is 54.3 Å². The summed E-state index contributed by atoms with van der Waals surface area (Å²) in [7, 11) is 0. The lowest BCUT2D eigenvalue weighted by molar-refractivity contribution is -0.156. The number of rotatable bonds is 10. The molecule has 0 bridgehead atoms. The number of nitrogens with zero attached hydrogens (tertiary/aromatic N) is 2. The highest BCUT2D eigenvalue weighted by molar-refractivity contribution is 6.35. The third-order valence-electron chi connectivity index (χ3n) is 7.84. The Bertz CT molecular complexity index is 1410. The number of pyridine rings is 1. The van der Waals surface area contributed by atoms with Crippen molar-refractivity contribution in [2.75, 3.05) is 18.4 Å². The normalized spacial score (nSPS) is 19.2. The zero-order valence-electron chi connectivity index (χ0n) is 23.0. The number of amides is 3. The summed E-state index contributed by atoms with van der Waals surface area (Å²) in [6.45, 7) is 1.07. The van der Waals surface area contributed by atoms with Crippen molar-refractivity contribution in [3.8, 4) is 0 Å². The first-order valence-electron chi connectivity index (χ1n) is 14.4. The summed E-state index contributed by atoms with van der Waals surface area (Å²) in [4.78, 5) is 44.6. The number of hydrogen-bond acceptors (Lipinski definition) is 5. The fourth-order valence-corrected chi connectivity index (χ4v) is 5.84. The fraction of sp³-hybridized carbons (Fsp3) is 0.375. The van der Waals surface area contributed by atoms with E-state index in [1.54, 1.807) is 6.20 Å². The molecule has 3 aromatic rings. The van der Waals surface area contributed by atoms with Crippen molar-refractivity contribution in [2.45, 2.75) is 63.1 Å². The Morgan fingerprint density at radius 3 is 2.56 bits per heavy atom. The highest BCUT2D eigenvalue weighted by atomic mass is 35.5. The van der Waals surface area contributed by atoms with Crippen LogP contribution in [0.4, 0.5) is 5.69 Å². The van der Waals surface area contributed by atoms with E-state index in [4.69, 9.17) is 11.6 Å². The topological polar surface area (TPSA) is 103 Å². The van der Waals surface area contributed by atoms with E-state index in [-0.39, 0.29) is 18.0 Å². The molecule has 3 N–H and O–H groups in total. The molecule has 8 nitrogen and oxygen atoms in total. The maximum atomic E-state index is 13.1. The molecule has 41 heavy (non-hydrogen) atoms. The molecule has 2 heterocycles. The van der Waals surface area contributed by atoms with Crippen LogP contribution in [0.25, 0.3) is 17.0 Å². The molecule has 2 atom stereocenters. The van der Waals surface area contributed by atoms with E-state index in [0.29, 0.717) is 24.5 Å². The second-order valence-corrected chi connectivity index (χ2v) is 11.1. The number of unbranched alkanes of at least 4 members (excludes halogenated alkanes) is 1. The Morgan fingerprint density at radius 1 is 0.976 bits per heavy atom. The van der Waals surface area contributed by atoms with E-state index < -0.39 is 17.9 Å². The number of benzene rings is 2. The van der Waals surface area contributed by atoms with Gasteiger partial charge in [-0.3, -0.25) is 19.4 Å². The number of β-lactam (4-membered cyclic amide) rings is 1. The number of hydrogen-bond donors (Lipinski definition) is 3. The molecule has 2 aromatic carbocycles. The van der Waals surface area contributed by atoms with Crippen LogP contribution < -0.4 is 16.0 Å². The number of carbonyl (C=O) groups is 3. The van der Waals surface area contributed by atoms with Gasteiger partial charge in [-0.1, -0.05) is 73.3 Å². The number of anilines is 1. The van der Waals surface area contributed by atoms with Gasteiger partial charge in [0.05, 0.1) is 11.6 Å². The van der Waals surface area contributed by atoms with Crippen molar-refractivity contribution >= 4 is 52.0 Å². The first-order valence-corrected chi connectivity index (χ1v) is 14.8. The summed E-state index contributed by atoms with van der Waals surface area (Å²) >= 11 is 6.06. The van der Waals surface area contributed by atoms with Gasteiger partial charge < -0.3 is 20.9 Å². The van der Waals surface area contributed by atoms with Crippen molar-refractivity contribution in [3.63, 3.8) is 0 Å². The van der Waals surface area contributed by atoms with Gasteiger partial charge in [-0.2, -0.15) is 0 Å². The minimum atomic E-state index is -0.773. The number of likely N-dealkylation sites (tertiary alicyclic amines) is 1. The number of halogens is 1. The predicted octanol–water partition coefficient (Wildman–Crippen LogP) is 4.94. The summed E-state index contributed by atoms with van der Waals surface area (Å²) in [6, 6.07) is 16.6. The van der Waals surface area contributed by atoms with Crippen LogP contribution in [-0.2, 0) is 14.4 Å². The lowest BCUT2D eigenvalue weighted by atomic mass is 9.85. The highest BCUT2D eigenvalue weighted by Gasteiger charge is 2.50. The monoisotopic (exact) mass is 573 g/mol. The van der Waals surface area contributed by atoms with Crippen molar-refractivity contribution in [3.05, 3.63) is 77.5 Å².